The van der Waals surface area contributed by atoms with Crippen LogP contribution >= 0.6 is 11.3 Å². The largest absolute Gasteiger partial charge is 0.497 e. The molecule has 2 N–H and O–H groups in total. The molecule has 21 heavy (non-hydrogen) atoms. The lowest BCUT2D eigenvalue weighted by Crippen LogP contribution is -2.24. The van der Waals surface area contributed by atoms with Crippen LogP contribution in [0.1, 0.15) is 26.7 Å². The van der Waals surface area contributed by atoms with Crippen LogP contribution < -0.4 is 15.4 Å². The lowest BCUT2D eigenvalue weighted by Gasteiger charge is -2.07. The molecule has 2 aromatic rings. The molecule has 0 fully saturated rings. The van der Waals surface area contributed by atoms with Crippen LogP contribution in [0.2, 0.25) is 0 Å². The van der Waals surface area contributed by atoms with Crippen molar-refractivity contribution in [3.8, 4) is 5.75 Å². The molecule has 0 atom stereocenters. The summed E-state index contributed by atoms with van der Waals surface area (Å²) in [7, 11) is 1.64. The number of methoxy groups -OCH3 is 1. The van der Waals surface area contributed by atoms with Crippen LogP contribution in [0.3, 0.4) is 0 Å². The van der Waals surface area contributed by atoms with Crippen LogP contribution in [0.15, 0.2) is 18.2 Å². The van der Waals surface area contributed by atoms with Crippen LogP contribution in [0, 0.1) is 0 Å². The number of carbonyl (C=O) groups is 1. The first-order chi connectivity index (χ1) is 10.1. The summed E-state index contributed by atoms with van der Waals surface area (Å²) < 4.78 is 6.19. The van der Waals surface area contributed by atoms with Crippen molar-refractivity contribution in [2.75, 3.05) is 19.0 Å². The number of thiazole rings is 1. The van der Waals surface area contributed by atoms with Gasteiger partial charge in [-0.25, -0.2) is 4.98 Å². The van der Waals surface area contributed by atoms with Gasteiger partial charge in [0.15, 0.2) is 5.13 Å². The van der Waals surface area contributed by atoms with Crippen molar-refractivity contribution >= 4 is 32.6 Å². The number of benzene rings is 1. The minimum Gasteiger partial charge on any atom is -0.497 e. The number of rotatable bonds is 7. The van der Waals surface area contributed by atoms with Crippen LogP contribution in [0.25, 0.3) is 10.2 Å². The molecule has 0 aliphatic rings. The molecule has 2 rings (SSSR count). The Morgan fingerprint density at radius 1 is 1.43 bits per heavy atom. The summed E-state index contributed by atoms with van der Waals surface area (Å²) in [6.07, 6.45) is 1.32. The molecule has 0 spiro atoms. The lowest BCUT2D eigenvalue weighted by molar-refractivity contribution is -0.116. The third kappa shape index (κ3) is 4.68. The van der Waals surface area contributed by atoms with Crippen molar-refractivity contribution < 1.29 is 9.53 Å². The molecule has 0 bridgehead atoms. The van der Waals surface area contributed by atoms with Crippen LogP contribution in [-0.4, -0.2) is 30.6 Å². The highest BCUT2D eigenvalue weighted by Gasteiger charge is 2.08. The minimum atomic E-state index is 0.00609. The Bertz CT molecular complexity index is 610. The maximum absolute atomic E-state index is 11.9. The highest BCUT2D eigenvalue weighted by Crippen LogP contribution is 2.29. The second-order valence-electron chi connectivity index (χ2n) is 5.11. The number of ether oxygens (including phenoxy) is 1. The molecule has 0 aliphatic carbocycles. The standard InChI is InChI=1S/C15H21N3O2S/c1-10(2)16-8-4-5-14(19)18-15-17-12-7-6-11(20-3)9-13(12)21-15/h6-7,9-10,16H,4-5,8H2,1-3H3,(H,17,18,19). The monoisotopic (exact) mass is 307 g/mol. The molecular weight excluding hydrogens is 286 g/mol. The van der Waals surface area contributed by atoms with E-state index in [1.807, 2.05) is 18.2 Å². The Hall–Kier alpha value is -1.66. The van der Waals surface area contributed by atoms with E-state index in [2.05, 4.69) is 29.5 Å². The van der Waals surface area contributed by atoms with Gasteiger partial charge in [-0.1, -0.05) is 25.2 Å². The summed E-state index contributed by atoms with van der Waals surface area (Å²) >= 11 is 1.46. The molecule has 1 aromatic heterocycles. The van der Waals surface area contributed by atoms with E-state index in [4.69, 9.17) is 4.74 Å². The van der Waals surface area contributed by atoms with Gasteiger partial charge in [-0.3, -0.25) is 4.79 Å². The number of hydrogen-bond acceptors (Lipinski definition) is 5. The average molecular weight is 307 g/mol. The zero-order chi connectivity index (χ0) is 15.2. The predicted molar refractivity (Wildman–Crippen MR) is 87.2 cm³/mol. The number of carbonyl (C=O) groups excluding carboxylic acids is 1. The minimum absolute atomic E-state index is 0.00609. The third-order valence-corrected chi connectivity index (χ3v) is 3.91. The number of aromatic nitrogens is 1. The van der Waals surface area contributed by atoms with Gasteiger partial charge in [0.2, 0.25) is 5.91 Å². The number of anilines is 1. The highest BCUT2D eigenvalue weighted by molar-refractivity contribution is 7.22. The van der Waals surface area contributed by atoms with Gasteiger partial charge in [-0.05, 0) is 31.2 Å². The molecule has 0 aliphatic heterocycles. The van der Waals surface area contributed by atoms with Crippen molar-refractivity contribution in [1.29, 1.82) is 0 Å². The third-order valence-electron chi connectivity index (χ3n) is 2.98. The molecule has 1 amide bonds. The Labute approximate surface area is 128 Å². The van der Waals surface area contributed by atoms with Crippen molar-refractivity contribution in [1.82, 2.24) is 10.3 Å². The highest BCUT2D eigenvalue weighted by atomic mass is 32.1. The zero-order valence-corrected chi connectivity index (χ0v) is 13.4. The molecule has 6 heteroatoms. The lowest BCUT2D eigenvalue weighted by atomic mass is 10.3. The summed E-state index contributed by atoms with van der Waals surface area (Å²) in [6, 6.07) is 6.14. The van der Waals surface area contributed by atoms with Gasteiger partial charge in [0, 0.05) is 12.5 Å². The normalized spacial score (nSPS) is 11.0. The molecule has 1 heterocycles. The maximum Gasteiger partial charge on any atom is 0.226 e. The second kappa shape index (κ2) is 7.38. The fourth-order valence-corrected chi connectivity index (χ4v) is 2.82. The van der Waals surface area contributed by atoms with E-state index in [9.17, 15) is 4.79 Å². The maximum atomic E-state index is 11.9. The molecule has 0 saturated heterocycles. The number of nitrogens with zero attached hydrogens (tertiary/aromatic N) is 1. The smallest absolute Gasteiger partial charge is 0.226 e. The average Bonchev–Trinajstić information content (AvgIpc) is 2.84. The predicted octanol–water partition coefficient (Wildman–Crippen LogP) is 3.02. The van der Waals surface area contributed by atoms with Crippen LogP contribution in [-0.2, 0) is 4.79 Å². The first-order valence-electron chi connectivity index (χ1n) is 7.06. The Morgan fingerprint density at radius 2 is 2.24 bits per heavy atom. The molecular formula is C15H21N3O2S. The fraction of sp³-hybridized carbons (Fsp3) is 0.467. The fourth-order valence-electron chi connectivity index (χ4n) is 1.91. The zero-order valence-electron chi connectivity index (χ0n) is 12.6. The number of nitrogens with one attached hydrogen (secondary N) is 2. The summed E-state index contributed by atoms with van der Waals surface area (Å²) in [5, 5.41) is 6.79. The summed E-state index contributed by atoms with van der Waals surface area (Å²) in [4.78, 5) is 16.3. The van der Waals surface area contributed by atoms with Gasteiger partial charge in [0.25, 0.3) is 0 Å². The van der Waals surface area contributed by atoms with E-state index in [1.165, 1.54) is 11.3 Å². The van der Waals surface area contributed by atoms with E-state index in [0.29, 0.717) is 17.6 Å². The van der Waals surface area contributed by atoms with Gasteiger partial charge < -0.3 is 15.4 Å². The first-order valence-corrected chi connectivity index (χ1v) is 7.88. The van der Waals surface area contributed by atoms with Crippen molar-refractivity contribution in [3.63, 3.8) is 0 Å². The Balaban J connectivity index is 1.89. The summed E-state index contributed by atoms with van der Waals surface area (Å²) in [5.41, 5.74) is 0.873. The second-order valence-corrected chi connectivity index (χ2v) is 6.14. The van der Waals surface area contributed by atoms with Crippen molar-refractivity contribution in [2.45, 2.75) is 32.7 Å². The topological polar surface area (TPSA) is 63.2 Å². The SMILES string of the molecule is COc1ccc2nc(NC(=O)CCCNC(C)C)sc2c1. The van der Waals surface area contributed by atoms with Gasteiger partial charge in [0.1, 0.15) is 5.75 Å². The Morgan fingerprint density at radius 3 is 2.95 bits per heavy atom. The van der Waals surface area contributed by atoms with Crippen LogP contribution in [0.4, 0.5) is 5.13 Å². The molecule has 114 valence electrons. The van der Waals surface area contributed by atoms with Gasteiger partial charge in [-0.15, -0.1) is 0 Å². The van der Waals surface area contributed by atoms with E-state index in [-0.39, 0.29) is 5.91 Å². The van der Waals surface area contributed by atoms with E-state index in [1.54, 1.807) is 7.11 Å². The van der Waals surface area contributed by atoms with Gasteiger partial charge in [-0.2, -0.15) is 0 Å². The van der Waals surface area contributed by atoms with Crippen molar-refractivity contribution in [3.05, 3.63) is 18.2 Å². The molecule has 0 radical (unpaired) electrons. The van der Waals surface area contributed by atoms with Gasteiger partial charge in [0.05, 0.1) is 17.3 Å². The quantitative estimate of drug-likeness (QED) is 0.772. The van der Waals surface area contributed by atoms with E-state index in [0.717, 1.165) is 28.9 Å². The van der Waals surface area contributed by atoms with E-state index < -0.39 is 0 Å². The van der Waals surface area contributed by atoms with E-state index >= 15 is 0 Å². The number of amides is 1. The summed E-state index contributed by atoms with van der Waals surface area (Å²) in [6.45, 7) is 5.03. The van der Waals surface area contributed by atoms with Crippen molar-refractivity contribution in [2.24, 2.45) is 0 Å². The van der Waals surface area contributed by atoms with Gasteiger partial charge >= 0.3 is 0 Å². The number of fused-ring (bicyclic) bond motifs is 1. The molecule has 0 unspecified atom stereocenters. The number of hydrogen-bond donors (Lipinski definition) is 2. The Kier molecular flexibility index (Phi) is 5.52. The van der Waals surface area contributed by atoms with Crippen LogP contribution in [0.5, 0.6) is 5.75 Å². The molecule has 0 saturated carbocycles. The first kappa shape index (κ1) is 15.7. The molecule has 1 aromatic carbocycles. The summed E-state index contributed by atoms with van der Waals surface area (Å²) in [5.74, 6) is 0.801. The molecule has 5 nitrogen and oxygen atoms in total.